The minimum atomic E-state index is -0.656. The molecule has 0 unspecified atom stereocenters. The third kappa shape index (κ3) is 6.36. The van der Waals surface area contributed by atoms with Gasteiger partial charge in [0, 0.05) is 32.9 Å². The zero-order chi connectivity index (χ0) is 32.2. The van der Waals surface area contributed by atoms with E-state index in [1.54, 1.807) is 41.9 Å². The Labute approximate surface area is 276 Å². The summed E-state index contributed by atoms with van der Waals surface area (Å²) in [6, 6.07) is 33.6. The first kappa shape index (κ1) is 30.6. The quantitative estimate of drug-likeness (QED) is 0.125. The fourth-order valence-electron chi connectivity index (χ4n) is 5.11. The second kappa shape index (κ2) is 13.3. The number of carbonyl (C=O) groups is 2. The van der Waals surface area contributed by atoms with Gasteiger partial charge in [0.1, 0.15) is 24.0 Å². The Bertz CT molecular complexity index is 2040. The van der Waals surface area contributed by atoms with Gasteiger partial charge < -0.3 is 4.74 Å². The van der Waals surface area contributed by atoms with Crippen LogP contribution in [0, 0.1) is 11.3 Å². The van der Waals surface area contributed by atoms with Crippen LogP contribution in [0.4, 0.5) is 0 Å². The Hall–Kier alpha value is -5.42. The lowest BCUT2D eigenvalue weighted by atomic mass is 9.93. The van der Waals surface area contributed by atoms with Gasteiger partial charge in [0.05, 0.1) is 17.9 Å². The van der Waals surface area contributed by atoms with Crippen molar-refractivity contribution in [1.82, 2.24) is 14.7 Å². The first-order chi connectivity index (χ1) is 22.3. The normalized spacial score (nSPS) is 14.1. The monoisotopic (exact) mass is 644 g/mol. The average molecular weight is 646 g/mol. The highest BCUT2D eigenvalue weighted by atomic mass is 35.5. The van der Waals surface area contributed by atoms with Gasteiger partial charge in [-0.2, -0.15) is 10.4 Å². The van der Waals surface area contributed by atoms with Gasteiger partial charge in [0.2, 0.25) is 0 Å². The molecule has 0 radical (unpaired) electrons. The van der Waals surface area contributed by atoms with Gasteiger partial charge in [-0.3, -0.25) is 14.5 Å². The van der Waals surface area contributed by atoms with Crippen LogP contribution in [0.3, 0.4) is 0 Å². The van der Waals surface area contributed by atoms with E-state index in [0.29, 0.717) is 44.8 Å². The Morgan fingerprint density at radius 2 is 1.57 bits per heavy atom. The van der Waals surface area contributed by atoms with Gasteiger partial charge in [0.15, 0.2) is 0 Å². The fraction of sp³-hybridized carbons (Fsp3) is 0.0811. The van der Waals surface area contributed by atoms with Crippen molar-refractivity contribution in [3.63, 3.8) is 0 Å². The molecule has 0 aliphatic carbocycles. The maximum Gasteiger partial charge on any atom is 0.271 e. The van der Waals surface area contributed by atoms with Gasteiger partial charge in [0.25, 0.3) is 11.8 Å². The van der Waals surface area contributed by atoms with E-state index in [4.69, 9.17) is 33.0 Å². The van der Waals surface area contributed by atoms with E-state index in [1.807, 2.05) is 91.1 Å². The van der Waals surface area contributed by atoms with Crippen LogP contribution in [0.25, 0.3) is 23.0 Å². The molecular weight excluding hydrogens is 619 g/mol. The summed E-state index contributed by atoms with van der Waals surface area (Å²) in [7, 11) is 0. The molecular formula is C37H26Cl2N4O3. The van der Waals surface area contributed by atoms with Gasteiger partial charge in [-0.15, -0.1) is 0 Å². The number of rotatable bonds is 8. The molecule has 1 aliphatic heterocycles. The van der Waals surface area contributed by atoms with Crippen LogP contribution in [0.5, 0.6) is 5.75 Å². The molecule has 0 bridgehead atoms. The molecule has 7 nitrogen and oxygen atoms in total. The number of para-hydroxylation sites is 1. The van der Waals surface area contributed by atoms with Crippen LogP contribution in [-0.2, 0) is 22.7 Å². The lowest BCUT2D eigenvalue weighted by Crippen LogP contribution is -2.42. The van der Waals surface area contributed by atoms with Gasteiger partial charge >= 0.3 is 0 Å². The van der Waals surface area contributed by atoms with Crippen molar-refractivity contribution < 1.29 is 14.3 Å². The zero-order valence-electron chi connectivity index (χ0n) is 24.7. The molecule has 4 aromatic carbocycles. The summed E-state index contributed by atoms with van der Waals surface area (Å²) in [5.74, 6) is -0.503. The van der Waals surface area contributed by atoms with Crippen LogP contribution in [0.15, 0.2) is 126 Å². The molecule has 0 spiro atoms. The lowest BCUT2D eigenvalue weighted by Gasteiger charge is -2.27. The Balaban J connectivity index is 1.38. The van der Waals surface area contributed by atoms with Crippen LogP contribution in [0.1, 0.15) is 23.6 Å². The van der Waals surface area contributed by atoms with Crippen LogP contribution >= 0.6 is 23.2 Å². The average Bonchev–Trinajstić information content (AvgIpc) is 3.50. The molecule has 0 saturated heterocycles. The summed E-state index contributed by atoms with van der Waals surface area (Å²) in [5.41, 5.74) is 4.86. The van der Waals surface area contributed by atoms with Crippen LogP contribution in [0.2, 0.25) is 10.0 Å². The second-order valence-corrected chi connectivity index (χ2v) is 11.5. The summed E-state index contributed by atoms with van der Waals surface area (Å²) in [4.78, 5) is 28.2. The summed E-state index contributed by atoms with van der Waals surface area (Å²) < 4.78 is 7.70. The van der Waals surface area contributed by atoms with Crippen LogP contribution < -0.4 is 4.74 Å². The van der Waals surface area contributed by atoms with Gasteiger partial charge in [-0.05, 0) is 84.3 Å². The molecule has 226 valence electrons. The Kier molecular flexibility index (Phi) is 8.84. The molecule has 5 aromatic rings. The van der Waals surface area contributed by atoms with Crippen molar-refractivity contribution in [3.05, 3.63) is 153 Å². The van der Waals surface area contributed by atoms with Gasteiger partial charge in [-0.1, -0.05) is 71.7 Å². The predicted molar refractivity (Wildman–Crippen MR) is 178 cm³/mol. The lowest BCUT2D eigenvalue weighted by molar-refractivity contribution is -0.141. The summed E-state index contributed by atoms with van der Waals surface area (Å²) in [6.07, 6.45) is 3.51. The van der Waals surface area contributed by atoms with E-state index in [1.165, 1.54) is 0 Å². The topological polar surface area (TPSA) is 88.2 Å². The number of halogens is 2. The van der Waals surface area contributed by atoms with Crippen molar-refractivity contribution in [2.24, 2.45) is 0 Å². The Morgan fingerprint density at radius 3 is 2.26 bits per heavy atom. The summed E-state index contributed by atoms with van der Waals surface area (Å²) in [6.45, 7) is 1.93. The largest absolute Gasteiger partial charge is 0.489 e. The number of hydrogen-bond donors (Lipinski definition) is 0. The summed E-state index contributed by atoms with van der Waals surface area (Å²) in [5, 5.41) is 15.9. The number of nitriles is 1. The number of nitrogens with zero attached hydrogens (tertiary/aromatic N) is 4. The van der Waals surface area contributed by atoms with Crippen molar-refractivity contribution >= 4 is 41.1 Å². The SMILES string of the molecule is CC1=C(C#N)C(=O)N(Cc2ccccc2Cl)C(=O)/C1=C/c1cn(-c2ccccc2)nc1-c1ccc(OCc2ccc(Cl)cc2)cc1. The van der Waals surface area contributed by atoms with E-state index in [0.717, 1.165) is 21.7 Å². The minimum absolute atomic E-state index is 0.0687. The van der Waals surface area contributed by atoms with Crippen molar-refractivity contribution in [1.29, 1.82) is 5.26 Å². The van der Waals surface area contributed by atoms with Crippen molar-refractivity contribution in [2.75, 3.05) is 0 Å². The number of hydrogen-bond acceptors (Lipinski definition) is 5. The highest BCUT2D eigenvalue weighted by Crippen LogP contribution is 2.33. The molecule has 0 fully saturated rings. The number of imide groups is 1. The van der Waals surface area contributed by atoms with E-state index in [2.05, 4.69) is 0 Å². The third-order valence-electron chi connectivity index (χ3n) is 7.62. The number of amides is 2. The molecule has 2 heterocycles. The van der Waals surface area contributed by atoms with E-state index in [9.17, 15) is 14.9 Å². The maximum absolute atomic E-state index is 13.9. The molecule has 1 aliphatic rings. The smallest absolute Gasteiger partial charge is 0.271 e. The molecule has 0 atom stereocenters. The van der Waals surface area contributed by atoms with E-state index < -0.39 is 11.8 Å². The number of aromatic nitrogens is 2. The van der Waals surface area contributed by atoms with E-state index in [-0.39, 0.29) is 17.7 Å². The summed E-state index contributed by atoms with van der Waals surface area (Å²) >= 11 is 12.3. The highest BCUT2D eigenvalue weighted by molar-refractivity contribution is 6.31. The molecule has 9 heteroatoms. The standard InChI is InChI=1S/C37H26Cl2N4O3/c1-24-32(36(44)42(37(45)33(24)20-40)21-27-7-5-6-10-34(27)39)19-28-22-43(30-8-3-2-4-9-30)41-35(28)26-13-17-31(18-14-26)46-23-25-11-15-29(38)16-12-25/h2-19,22H,21,23H2,1H3/b32-19+. The number of carbonyl (C=O) groups excluding carboxylic acids is 2. The molecule has 2 amide bonds. The molecule has 0 saturated carbocycles. The molecule has 6 rings (SSSR count). The molecule has 1 aromatic heterocycles. The Morgan fingerprint density at radius 1 is 0.870 bits per heavy atom. The zero-order valence-corrected chi connectivity index (χ0v) is 26.2. The molecule has 46 heavy (non-hydrogen) atoms. The second-order valence-electron chi connectivity index (χ2n) is 10.6. The fourth-order valence-corrected chi connectivity index (χ4v) is 5.43. The van der Waals surface area contributed by atoms with Crippen LogP contribution in [-0.4, -0.2) is 26.5 Å². The third-order valence-corrected chi connectivity index (χ3v) is 8.24. The predicted octanol–water partition coefficient (Wildman–Crippen LogP) is 8.22. The number of benzene rings is 4. The first-order valence-electron chi connectivity index (χ1n) is 14.4. The van der Waals surface area contributed by atoms with Gasteiger partial charge in [-0.25, -0.2) is 4.68 Å². The first-order valence-corrected chi connectivity index (χ1v) is 15.1. The maximum atomic E-state index is 13.9. The van der Waals surface area contributed by atoms with Crippen molar-refractivity contribution in [3.8, 4) is 28.8 Å². The number of ether oxygens (including phenoxy) is 1. The highest BCUT2D eigenvalue weighted by Gasteiger charge is 2.36. The minimum Gasteiger partial charge on any atom is -0.489 e. The van der Waals surface area contributed by atoms with E-state index >= 15 is 0 Å². The van der Waals surface area contributed by atoms with Crippen molar-refractivity contribution in [2.45, 2.75) is 20.1 Å². The molecule has 0 N–H and O–H groups in total.